The second kappa shape index (κ2) is 5.35. The molecule has 0 bridgehead atoms. The Morgan fingerprint density at radius 2 is 1.74 bits per heavy atom. The van der Waals surface area contributed by atoms with Crippen molar-refractivity contribution >= 4 is 44.7 Å². The van der Waals surface area contributed by atoms with Crippen molar-refractivity contribution < 1.29 is 0 Å². The smallest absolute Gasteiger partial charge is 0.224 e. The van der Waals surface area contributed by atoms with Gasteiger partial charge in [0, 0.05) is 10.2 Å². The number of halogens is 2. The standard InChI is InChI=1S/C13H14BrClN4/c1-6-4-9(14)5-7(2)11(6)18-12-10(16)8(3)17-13(15)19-12/h4-5H,16H2,1-3H3,(H,17,18,19). The van der Waals surface area contributed by atoms with E-state index in [1.807, 2.05) is 26.0 Å². The number of nitrogens with zero attached hydrogens (tertiary/aromatic N) is 2. The maximum atomic E-state index is 5.97. The van der Waals surface area contributed by atoms with Gasteiger partial charge in [-0.05, 0) is 55.6 Å². The van der Waals surface area contributed by atoms with Crippen LogP contribution in [0.4, 0.5) is 17.2 Å². The molecule has 0 aliphatic heterocycles. The second-order valence-corrected chi connectivity index (χ2v) is 5.63. The Kier molecular flexibility index (Phi) is 3.96. The highest BCUT2D eigenvalue weighted by Gasteiger charge is 2.11. The van der Waals surface area contributed by atoms with Crippen LogP contribution in [-0.4, -0.2) is 9.97 Å². The monoisotopic (exact) mass is 340 g/mol. The number of benzene rings is 1. The molecule has 0 spiro atoms. The van der Waals surface area contributed by atoms with Gasteiger partial charge in [-0.2, -0.15) is 4.98 Å². The molecule has 2 rings (SSSR count). The largest absolute Gasteiger partial charge is 0.394 e. The first-order chi connectivity index (χ1) is 8.88. The molecule has 2 aromatic rings. The van der Waals surface area contributed by atoms with Crippen molar-refractivity contribution in [2.24, 2.45) is 0 Å². The summed E-state index contributed by atoms with van der Waals surface area (Å²) in [6.45, 7) is 5.84. The molecular formula is C13H14BrClN4. The maximum Gasteiger partial charge on any atom is 0.224 e. The van der Waals surface area contributed by atoms with E-state index in [9.17, 15) is 0 Å². The van der Waals surface area contributed by atoms with E-state index in [4.69, 9.17) is 17.3 Å². The van der Waals surface area contributed by atoms with Gasteiger partial charge in [-0.15, -0.1) is 0 Å². The number of nitrogens with one attached hydrogen (secondary N) is 1. The van der Waals surface area contributed by atoms with E-state index < -0.39 is 0 Å². The third-order valence-corrected chi connectivity index (χ3v) is 3.48. The van der Waals surface area contributed by atoms with Gasteiger partial charge in [0.1, 0.15) is 0 Å². The summed E-state index contributed by atoms with van der Waals surface area (Å²) in [6.07, 6.45) is 0. The van der Waals surface area contributed by atoms with Crippen LogP contribution in [0.15, 0.2) is 16.6 Å². The topological polar surface area (TPSA) is 63.8 Å². The molecule has 100 valence electrons. The number of hydrogen-bond donors (Lipinski definition) is 2. The molecule has 1 heterocycles. The number of aryl methyl sites for hydroxylation is 3. The zero-order valence-electron chi connectivity index (χ0n) is 10.9. The number of anilines is 3. The Hall–Kier alpha value is -1.33. The van der Waals surface area contributed by atoms with Gasteiger partial charge in [0.15, 0.2) is 5.82 Å². The molecule has 0 radical (unpaired) electrons. The molecular weight excluding hydrogens is 328 g/mol. The summed E-state index contributed by atoms with van der Waals surface area (Å²) in [5, 5.41) is 3.42. The minimum Gasteiger partial charge on any atom is -0.394 e. The molecule has 0 aliphatic carbocycles. The Labute approximate surface area is 125 Å². The highest BCUT2D eigenvalue weighted by atomic mass is 79.9. The normalized spacial score (nSPS) is 10.6. The van der Waals surface area contributed by atoms with Crippen LogP contribution in [0.25, 0.3) is 0 Å². The average Bonchev–Trinajstić information content (AvgIpc) is 2.29. The minimum absolute atomic E-state index is 0.182. The number of nitrogens with two attached hydrogens (primary N) is 1. The van der Waals surface area contributed by atoms with E-state index in [-0.39, 0.29) is 5.28 Å². The zero-order valence-corrected chi connectivity index (χ0v) is 13.2. The minimum atomic E-state index is 0.182. The van der Waals surface area contributed by atoms with E-state index in [0.717, 1.165) is 21.3 Å². The van der Waals surface area contributed by atoms with Gasteiger partial charge in [-0.3, -0.25) is 0 Å². The Balaban J connectivity index is 2.48. The highest BCUT2D eigenvalue weighted by Crippen LogP contribution is 2.30. The van der Waals surface area contributed by atoms with Gasteiger partial charge in [0.25, 0.3) is 0 Å². The van der Waals surface area contributed by atoms with E-state index in [1.54, 1.807) is 6.92 Å². The quantitative estimate of drug-likeness (QED) is 0.806. The van der Waals surface area contributed by atoms with Gasteiger partial charge in [0.05, 0.1) is 11.4 Å². The molecule has 3 N–H and O–H groups in total. The van der Waals surface area contributed by atoms with Crippen LogP contribution in [0.5, 0.6) is 0 Å². The van der Waals surface area contributed by atoms with Crippen molar-refractivity contribution in [1.29, 1.82) is 0 Å². The van der Waals surface area contributed by atoms with Gasteiger partial charge >= 0.3 is 0 Å². The lowest BCUT2D eigenvalue weighted by Crippen LogP contribution is -2.05. The molecule has 6 heteroatoms. The van der Waals surface area contributed by atoms with E-state index in [0.29, 0.717) is 17.2 Å². The number of nitrogen functional groups attached to an aromatic ring is 1. The third kappa shape index (κ3) is 2.98. The Morgan fingerprint density at radius 3 is 2.32 bits per heavy atom. The first kappa shape index (κ1) is 14.1. The molecule has 0 atom stereocenters. The SMILES string of the molecule is Cc1cc(Br)cc(C)c1Nc1nc(Cl)nc(C)c1N. The van der Waals surface area contributed by atoms with Crippen LogP contribution < -0.4 is 11.1 Å². The predicted molar refractivity (Wildman–Crippen MR) is 83.1 cm³/mol. The molecule has 1 aromatic carbocycles. The second-order valence-electron chi connectivity index (χ2n) is 4.38. The fourth-order valence-electron chi connectivity index (χ4n) is 1.87. The van der Waals surface area contributed by atoms with Crippen molar-refractivity contribution in [3.63, 3.8) is 0 Å². The number of aromatic nitrogens is 2. The summed E-state index contributed by atoms with van der Waals surface area (Å²) in [4.78, 5) is 8.16. The van der Waals surface area contributed by atoms with Crippen molar-refractivity contribution in [2.75, 3.05) is 11.1 Å². The Morgan fingerprint density at radius 1 is 1.16 bits per heavy atom. The summed E-state index contributed by atoms with van der Waals surface area (Å²) in [5.74, 6) is 0.533. The van der Waals surface area contributed by atoms with Crippen LogP contribution in [0.3, 0.4) is 0 Å². The molecule has 0 amide bonds. The lowest BCUT2D eigenvalue weighted by atomic mass is 10.1. The number of rotatable bonds is 2. The molecule has 19 heavy (non-hydrogen) atoms. The van der Waals surface area contributed by atoms with Crippen molar-refractivity contribution in [2.45, 2.75) is 20.8 Å². The fourth-order valence-corrected chi connectivity index (χ4v) is 2.77. The fraction of sp³-hybridized carbons (Fsp3) is 0.231. The average molecular weight is 342 g/mol. The van der Waals surface area contributed by atoms with E-state index in [2.05, 4.69) is 31.2 Å². The third-order valence-electron chi connectivity index (χ3n) is 2.85. The predicted octanol–water partition coefficient (Wildman–Crippen LogP) is 4.14. The molecule has 1 aromatic heterocycles. The Bertz CT molecular complexity index is 620. The van der Waals surface area contributed by atoms with Crippen LogP contribution in [0.1, 0.15) is 16.8 Å². The van der Waals surface area contributed by atoms with Crippen LogP contribution >= 0.6 is 27.5 Å². The molecule has 0 aliphatic rings. The summed E-state index contributed by atoms with van der Waals surface area (Å²) >= 11 is 9.34. The van der Waals surface area contributed by atoms with Crippen molar-refractivity contribution in [1.82, 2.24) is 9.97 Å². The van der Waals surface area contributed by atoms with Crippen LogP contribution in [0, 0.1) is 20.8 Å². The molecule has 0 saturated heterocycles. The first-order valence-electron chi connectivity index (χ1n) is 5.72. The van der Waals surface area contributed by atoms with Gasteiger partial charge in [-0.1, -0.05) is 15.9 Å². The zero-order chi connectivity index (χ0) is 14.2. The lowest BCUT2D eigenvalue weighted by molar-refractivity contribution is 1.11. The van der Waals surface area contributed by atoms with Gasteiger partial charge in [0.2, 0.25) is 5.28 Å². The van der Waals surface area contributed by atoms with Crippen molar-refractivity contribution in [3.8, 4) is 0 Å². The lowest BCUT2D eigenvalue weighted by Gasteiger charge is -2.15. The first-order valence-corrected chi connectivity index (χ1v) is 6.89. The van der Waals surface area contributed by atoms with Crippen LogP contribution in [0.2, 0.25) is 5.28 Å². The summed E-state index contributed by atoms with van der Waals surface area (Å²) in [5.41, 5.74) is 10.3. The van der Waals surface area contributed by atoms with Crippen molar-refractivity contribution in [3.05, 3.63) is 38.7 Å². The van der Waals surface area contributed by atoms with Crippen LogP contribution in [-0.2, 0) is 0 Å². The highest BCUT2D eigenvalue weighted by molar-refractivity contribution is 9.10. The molecule has 0 unspecified atom stereocenters. The number of hydrogen-bond acceptors (Lipinski definition) is 4. The van der Waals surface area contributed by atoms with Gasteiger partial charge < -0.3 is 11.1 Å². The molecule has 0 fully saturated rings. The molecule has 4 nitrogen and oxygen atoms in total. The van der Waals surface area contributed by atoms with E-state index >= 15 is 0 Å². The summed E-state index contributed by atoms with van der Waals surface area (Å²) in [6, 6.07) is 4.06. The molecule has 0 saturated carbocycles. The van der Waals surface area contributed by atoms with Gasteiger partial charge in [-0.25, -0.2) is 4.98 Å². The summed E-state index contributed by atoms with van der Waals surface area (Å²) in [7, 11) is 0. The maximum absolute atomic E-state index is 5.97. The van der Waals surface area contributed by atoms with E-state index in [1.165, 1.54) is 0 Å². The summed E-state index contributed by atoms with van der Waals surface area (Å²) < 4.78 is 1.04.